The van der Waals surface area contributed by atoms with Crippen LogP contribution in [0, 0.1) is 0 Å². The summed E-state index contributed by atoms with van der Waals surface area (Å²) in [6, 6.07) is 0. The van der Waals surface area contributed by atoms with Crippen LogP contribution in [0.5, 0.6) is 0 Å². The van der Waals surface area contributed by atoms with Crippen LogP contribution in [-0.2, 0) is 0 Å². The van der Waals surface area contributed by atoms with E-state index in [1.165, 1.54) is 12.8 Å². The minimum absolute atomic E-state index is 0.163. The summed E-state index contributed by atoms with van der Waals surface area (Å²) >= 11 is 0. The Labute approximate surface area is 90.8 Å². The van der Waals surface area contributed by atoms with Crippen molar-refractivity contribution in [2.75, 3.05) is 23.7 Å². The fourth-order valence-corrected chi connectivity index (χ4v) is 1.73. The van der Waals surface area contributed by atoms with Crippen LogP contribution < -0.4 is 10.6 Å². The monoisotopic (exact) mass is 221 g/mol. The van der Waals surface area contributed by atoms with Crippen LogP contribution in [0.25, 0.3) is 11.7 Å². The zero-order chi connectivity index (χ0) is 11.0. The molecule has 1 aliphatic heterocycles. The molecule has 0 spiro atoms. The van der Waals surface area contributed by atoms with E-state index in [1.54, 1.807) is 0 Å². The van der Waals surface area contributed by atoms with Gasteiger partial charge in [0, 0.05) is 13.1 Å². The number of nitrogens with one attached hydrogen (secondary N) is 1. The van der Waals surface area contributed by atoms with E-state index in [4.69, 9.17) is 10.3 Å². The molecule has 1 saturated heterocycles. The van der Waals surface area contributed by atoms with Crippen molar-refractivity contribution >= 4 is 11.9 Å². The first-order valence-electron chi connectivity index (χ1n) is 5.10. The second kappa shape index (κ2) is 3.47. The highest BCUT2D eigenvalue weighted by atomic mass is 16.5. The van der Waals surface area contributed by atoms with Crippen molar-refractivity contribution in [3.05, 3.63) is 0 Å². The van der Waals surface area contributed by atoms with E-state index in [0.29, 0.717) is 17.7 Å². The number of hydrogen-bond acceptors (Lipinski definition) is 7. The summed E-state index contributed by atoms with van der Waals surface area (Å²) in [5.41, 5.74) is 5.39. The number of nitrogen functional groups attached to an aromatic ring is 1. The quantitative estimate of drug-likeness (QED) is 0.736. The Morgan fingerprint density at radius 3 is 2.75 bits per heavy atom. The highest BCUT2D eigenvalue weighted by molar-refractivity contribution is 5.45. The number of nitrogens with two attached hydrogens (primary N) is 1. The van der Waals surface area contributed by atoms with Crippen molar-refractivity contribution in [3.8, 4) is 11.7 Å². The number of H-pyrrole nitrogens is 1. The van der Waals surface area contributed by atoms with Gasteiger partial charge in [0.25, 0.3) is 11.8 Å². The van der Waals surface area contributed by atoms with Gasteiger partial charge < -0.3 is 15.2 Å². The summed E-state index contributed by atoms with van der Waals surface area (Å²) < 4.78 is 5.08. The number of rotatable bonds is 2. The maximum absolute atomic E-state index is 5.39. The molecule has 0 bridgehead atoms. The lowest BCUT2D eigenvalue weighted by Crippen LogP contribution is -2.18. The lowest BCUT2D eigenvalue weighted by atomic mass is 10.4. The van der Waals surface area contributed by atoms with E-state index >= 15 is 0 Å². The number of aromatic nitrogens is 5. The number of aromatic amines is 1. The summed E-state index contributed by atoms with van der Waals surface area (Å²) in [4.78, 5) is 10.2. The van der Waals surface area contributed by atoms with E-state index < -0.39 is 0 Å². The Bertz CT molecular complexity index is 484. The van der Waals surface area contributed by atoms with Crippen LogP contribution in [0.1, 0.15) is 12.8 Å². The van der Waals surface area contributed by atoms with Gasteiger partial charge >= 0.3 is 0 Å². The van der Waals surface area contributed by atoms with Crippen molar-refractivity contribution in [3.63, 3.8) is 0 Å². The molecule has 8 heteroatoms. The lowest BCUT2D eigenvalue weighted by molar-refractivity contribution is 0.427. The SMILES string of the molecule is Nc1n[nH]c(-c2nc(N3CCCC3)no2)n1. The summed E-state index contributed by atoms with van der Waals surface area (Å²) in [6.45, 7) is 1.94. The Kier molecular flexibility index (Phi) is 1.98. The first-order chi connectivity index (χ1) is 7.83. The third-order valence-electron chi connectivity index (χ3n) is 2.51. The Morgan fingerprint density at radius 1 is 1.25 bits per heavy atom. The fraction of sp³-hybridized carbons (Fsp3) is 0.500. The van der Waals surface area contributed by atoms with E-state index in [2.05, 4.69) is 30.2 Å². The van der Waals surface area contributed by atoms with Gasteiger partial charge in [-0.1, -0.05) is 0 Å². The maximum atomic E-state index is 5.39. The number of anilines is 2. The molecule has 1 aliphatic rings. The van der Waals surface area contributed by atoms with Crippen molar-refractivity contribution in [1.29, 1.82) is 0 Å². The van der Waals surface area contributed by atoms with Crippen LogP contribution in [0.15, 0.2) is 4.52 Å². The highest BCUT2D eigenvalue weighted by Crippen LogP contribution is 2.20. The molecule has 2 aromatic heterocycles. The molecule has 0 saturated carbocycles. The van der Waals surface area contributed by atoms with E-state index in [9.17, 15) is 0 Å². The van der Waals surface area contributed by atoms with Crippen molar-refractivity contribution < 1.29 is 4.52 Å². The first kappa shape index (κ1) is 9.13. The molecule has 1 fully saturated rings. The van der Waals surface area contributed by atoms with Crippen molar-refractivity contribution in [2.45, 2.75) is 12.8 Å². The summed E-state index contributed by atoms with van der Waals surface area (Å²) in [5, 5.41) is 10.2. The Morgan fingerprint density at radius 2 is 2.06 bits per heavy atom. The highest BCUT2D eigenvalue weighted by Gasteiger charge is 2.19. The molecule has 3 N–H and O–H groups in total. The van der Waals surface area contributed by atoms with Crippen LogP contribution >= 0.6 is 0 Å². The summed E-state index contributed by atoms with van der Waals surface area (Å²) in [6.07, 6.45) is 2.33. The Balaban J connectivity index is 1.87. The average molecular weight is 221 g/mol. The molecule has 0 aromatic carbocycles. The second-order valence-corrected chi connectivity index (χ2v) is 3.64. The van der Waals surface area contributed by atoms with Crippen LogP contribution in [0.2, 0.25) is 0 Å². The molecule has 84 valence electrons. The van der Waals surface area contributed by atoms with E-state index in [0.717, 1.165) is 13.1 Å². The van der Waals surface area contributed by atoms with Crippen molar-refractivity contribution in [2.24, 2.45) is 0 Å². The van der Waals surface area contributed by atoms with Gasteiger partial charge in [0.15, 0.2) is 0 Å². The molecule has 0 radical (unpaired) electrons. The van der Waals surface area contributed by atoms with Crippen LogP contribution in [0.3, 0.4) is 0 Å². The molecule has 3 rings (SSSR count). The first-order valence-corrected chi connectivity index (χ1v) is 5.10. The third kappa shape index (κ3) is 1.47. The fourth-order valence-electron chi connectivity index (χ4n) is 1.73. The van der Waals surface area contributed by atoms with Gasteiger partial charge in [-0.25, -0.2) is 0 Å². The lowest BCUT2D eigenvalue weighted by Gasteiger charge is -2.09. The minimum atomic E-state index is 0.163. The normalized spacial score (nSPS) is 15.9. The maximum Gasteiger partial charge on any atom is 0.296 e. The summed E-state index contributed by atoms with van der Waals surface area (Å²) in [5.74, 6) is 1.47. The smallest absolute Gasteiger partial charge is 0.296 e. The van der Waals surface area contributed by atoms with E-state index in [1.807, 2.05) is 0 Å². The Hall–Kier alpha value is -2.12. The molecule has 0 amide bonds. The topological polar surface area (TPSA) is 110 Å². The predicted octanol–water partition coefficient (Wildman–Crippen LogP) is 0.0371. The molecular weight excluding hydrogens is 210 g/mol. The predicted molar refractivity (Wildman–Crippen MR) is 55.5 cm³/mol. The molecule has 8 nitrogen and oxygen atoms in total. The van der Waals surface area contributed by atoms with Gasteiger partial charge in [0.05, 0.1) is 0 Å². The molecule has 16 heavy (non-hydrogen) atoms. The van der Waals surface area contributed by atoms with Gasteiger partial charge in [-0.3, -0.25) is 5.10 Å². The molecular formula is C8H11N7O. The third-order valence-corrected chi connectivity index (χ3v) is 2.51. The molecule has 3 heterocycles. The van der Waals surface area contributed by atoms with Gasteiger partial charge in [-0.2, -0.15) is 9.97 Å². The van der Waals surface area contributed by atoms with Gasteiger partial charge in [0.2, 0.25) is 11.8 Å². The second-order valence-electron chi connectivity index (χ2n) is 3.64. The van der Waals surface area contributed by atoms with E-state index in [-0.39, 0.29) is 5.95 Å². The summed E-state index contributed by atoms with van der Waals surface area (Å²) in [7, 11) is 0. The van der Waals surface area contributed by atoms with Gasteiger partial charge in [0.1, 0.15) is 0 Å². The van der Waals surface area contributed by atoms with Crippen LogP contribution in [0.4, 0.5) is 11.9 Å². The zero-order valence-electron chi connectivity index (χ0n) is 8.55. The molecule has 2 aromatic rings. The van der Waals surface area contributed by atoms with Crippen molar-refractivity contribution in [1.82, 2.24) is 25.3 Å². The zero-order valence-corrected chi connectivity index (χ0v) is 8.55. The average Bonchev–Trinajstić information content (AvgIpc) is 2.97. The number of hydrogen-bond donors (Lipinski definition) is 2. The van der Waals surface area contributed by atoms with Gasteiger partial charge in [-0.15, -0.1) is 5.10 Å². The minimum Gasteiger partial charge on any atom is -0.366 e. The number of nitrogens with zero attached hydrogens (tertiary/aromatic N) is 5. The molecule has 0 atom stereocenters. The molecule has 0 aliphatic carbocycles. The van der Waals surface area contributed by atoms with Gasteiger partial charge in [-0.05, 0) is 18.0 Å². The van der Waals surface area contributed by atoms with Crippen LogP contribution in [-0.4, -0.2) is 38.4 Å². The molecule has 0 unspecified atom stereocenters. The standard InChI is InChI=1S/C8H11N7O/c9-7-10-5(12-13-7)6-11-8(14-16-6)15-3-1-2-4-15/h1-4H2,(H3,9,10,12,13). The largest absolute Gasteiger partial charge is 0.366 e.